The Balaban J connectivity index is 2.15. The van der Waals surface area contributed by atoms with Gasteiger partial charge in [0.05, 0.1) is 0 Å². The molecule has 0 heterocycles. The molecule has 0 radical (unpaired) electrons. The fourth-order valence-corrected chi connectivity index (χ4v) is 2.27. The molecule has 0 saturated carbocycles. The fourth-order valence-electron chi connectivity index (χ4n) is 2.11. The molecule has 0 aliphatic carbocycles. The summed E-state index contributed by atoms with van der Waals surface area (Å²) in [7, 11) is 0. The van der Waals surface area contributed by atoms with Gasteiger partial charge in [0.25, 0.3) is 0 Å². The highest BCUT2D eigenvalue weighted by molar-refractivity contribution is 6.30. The molecule has 21 heavy (non-hydrogen) atoms. The summed E-state index contributed by atoms with van der Waals surface area (Å²) in [6.07, 6.45) is 0.373. The van der Waals surface area contributed by atoms with Crippen LogP contribution in [0.25, 0.3) is 0 Å². The highest BCUT2D eigenvalue weighted by Crippen LogP contribution is 2.18. The van der Waals surface area contributed by atoms with Crippen LogP contribution in [0.3, 0.4) is 0 Å². The van der Waals surface area contributed by atoms with Crippen LogP contribution in [0, 0.1) is 17.5 Å². The molecule has 2 aromatic rings. The van der Waals surface area contributed by atoms with E-state index >= 15 is 0 Å². The smallest absolute Gasteiger partial charge is 0.162 e. The van der Waals surface area contributed by atoms with Crippen molar-refractivity contribution in [2.24, 2.45) is 5.84 Å². The SMILES string of the molecule is NNC(Cc1ccc(Cl)cc1F)Cc1cccc(F)c1F. The van der Waals surface area contributed by atoms with Gasteiger partial charge < -0.3 is 0 Å². The van der Waals surface area contributed by atoms with Gasteiger partial charge in [-0.2, -0.15) is 0 Å². The zero-order valence-electron chi connectivity index (χ0n) is 11.0. The maximum atomic E-state index is 13.7. The number of halogens is 4. The highest BCUT2D eigenvalue weighted by Gasteiger charge is 2.16. The minimum Gasteiger partial charge on any atom is -0.271 e. The molecule has 1 atom stereocenters. The second kappa shape index (κ2) is 6.93. The zero-order chi connectivity index (χ0) is 15.4. The second-order valence-corrected chi connectivity index (χ2v) is 5.16. The van der Waals surface area contributed by atoms with E-state index in [1.54, 1.807) is 12.1 Å². The van der Waals surface area contributed by atoms with Crippen molar-refractivity contribution in [3.8, 4) is 0 Å². The van der Waals surface area contributed by atoms with Gasteiger partial charge in [-0.25, -0.2) is 13.2 Å². The van der Waals surface area contributed by atoms with Crippen LogP contribution < -0.4 is 11.3 Å². The lowest BCUT2D eigenvalue weighted by Crippen LogP contribution is -2.38. The number of nitrogens with one attached hydrogen (secondary N) is 1. The lowest BCUT2D eigenvalue weighted by molar-refractivity contribution is 0.469. The Bertz CT molecular complexity index is 634. The minimum atomic E-state index is -0.916. The summed E-state index contributed by atoms with van der Waals surface area (Å²) >= 11 is 5.68. The Morgan fingerprint density at radius 2 is 1.71 bits per heavy atom. The largest absolute Gasteiger partial charge is 0.271 e. The van der Waals surface area contributed by atoms with Gasteiger partial charge in [-0.05, 0) is 42.2 Å². The van der Waals surface area contributed by atoms with Crippen LogP contribution in [0.1, 0.15) is 11.1 Å². The Morgan fingerprint density at radius 1 is 1.00 bits per heavy atom. The number of nitrogens with two attached hydrogens (primary N) is 1. The van der Waals surface area contributed by atoms with E-state index in [1.807, 2.05) is 0 Å². The highest BCUT2D eigenvalue weighted by atomic mass is 35.5. The molecule has 3 N–H and O–H groups in total. The number of hydrazine groups is 1. The monoisotopic (exact) mass is 314 g/mol. The van der Waals surface area contributed by atoms with Gasteiger partial charge in [0.1, 0.15) is 5.82 Å². The van der Waals surface area contributed by atoms with Gasteiger partial charge in [-0.15, -0.1) is 0 Å². The van der Waals surface area contributed by atoms with Crippen molar-refractivity contribution in [1.29, 1.82) is 0 Å². The molecule has 0 aromatic heterocycles. The van der Waals surface area contributed by atoms with Gasteiger partial charge in [-0.1, -0.05) is 29.8 Å². The first kappa shape index (κ1) is 15.8. The molecule has 112 valence electrons. The molecule has 1 unspecified atom stereocenters. The van der Waals surface area contributed by atoms with Crippen LogP contribution in [0.2, 0.25) is 5.02 Å². The van der Waals surface area contributed by atoms with Gasteiger partial charge >= 0.3 is 0 Å². The standard InChI is InChI=1S/C15H14ClF3N2/c16-11-5-4-9(14(18)8-11)6-12(21-20)7-10-2-1-3-13(17)15(10)19/h1-5,8,12,21H,6-7,20H2. The number of hydrogen-bond acceptors (Lipinski definition) is 2. The van der Waals surface area contributed by atoms with E-state index in [0.717, 1.165) is 6.07 Å². The molecule has 0 aliphatic rings. The zero-order valence-corrected chi connectivity index (χ0v) is 11.8. The number of rotatable bonds is 5. The number of hydrogen-bond donors (Lipinski definition) is 2. The van der Waals surface area contributed by atoms with Crippen molar-refractivity contribution < 1.29 is 13.2 Å². The van der Waals surface area contributed by atoms with Crippen molar-refractivity contribution in [3.63, 3.8) is 0 Å². The van der Waals surface area contributed by atoms with E-state index in [4.69, 9.17) is 17.4 Å². The second-order valence-electron chi connectivity index (χ2n) is 4.72. The average molecular weight is 315 g/mol. The molecule has 0 saturated heterocycles. The summed E-state index contributed by atoms with van der Waals surface area (Å²) in [5.41, 5.74) is 3.09. The summed E-state index contributed by atoms with van der Waals surface area (Å²) in [6.45, 7) is 0. The van der Waals surface area contributed by atoms with E-state index in [2.05, 4.69) is 5.43 Å². The van der Waals surface area contributed by atoms with Crippen LogP contribution in [0.5, 0.6) is 0 Å². The van der Waals surface area contributed by atoms with Gasteiger partial charge in [0.2, 0.25) is 0 Å². The van der Waals surface area contributed by atoms with Crippen molar-refractivity contribution in [1.82, 2.24) is 5.43 Å². The van der Waals surface area contributed by atoms with Gasteiger partial charge in [-0.3, -0.25) is 11.3 Å². The third kappa shape index (κ3) is 3.97. The molecule has 2 rings (SSSR count). The lowest BCUT2D eigenvalue weighted by Gasteiger charge is -2.17. The van der Waals surface area contributed by atoms with Gasteiger partial charge in [0, 0.05) is 11.1 Å². The summed E-state index contributed by atoms with van der Waals surface area (Å²) in [6, 6.07) is 7.82. The van der Waals surface area contributed by atoms with Crippen LogP contribution >= 0.6 is 11.6 Å². The molecule has 0 amide bonds. The molecule has 6 heteroatoms. The molecular formula is C15H14ClF3N2. The Kier molecular flexibility index (Phi) is 5.22. The molecule has 0 bridgehead atoms. The van der Waals surface area contributed by atoms with E-state index in [1.165, 1.54) is 18.2 Å². The molecular weight excluding hydrogens is 301 g/mol. The minimum absolute atomic E-state index is 0.141. The summed E-state index contributed by atoms with van der Waals surface area (Å²) in [5.74, 6) is 3.14. The van der Waals surface area contributed by atoms with Crippen molar-refractivity contribution in [3.05, 3.63) is 70.0 Å². The number of benzene rings is 2. The lowest BCUT2D eigenvalue weighted by atomic mass is 9.98. The molecule has 0 fully saturated rings. The van der Waals surface area contributed by atoms with E-state index in [0.29, 0.717) is 10.6 Å². The first-order chi connectivity index (χ1) is 10.0. The third-order valence-electron chi connectivity index (χ3n) is 3.22. The first-order valence-electron chi connectivity index (χ1n) is 6.34. The van der Waals surface area contributed by atoms with Crippen LogP contribution in [-0.4, -0.2) is 6.04 Å². The third-order valence-corrected chi connectivity index (χ3v) is 3.45. The maximum absolute atomic E-state index is 13.7. The molecule has 2 aromatic carbocycles. The topological polar surface area (TPSA) is 38.0 Å². The van der Waals surface area contributed by atoms with Crippen LogP contribution in [0.15, 0.2) is 36.4 Å². The van der Waals surface area contributed by atoms with Crippen molar-refractivity contribution in [2.75, 3.05) is 0 Å². The Morgan fingerprint density at radius 3 is 2.38 bits per heavy atom. The van der Waals surface area contributed by atoms with Crippen molar-refractivity contribution >= 4 is 11.6 Å². The average Bonchev–Trinajstić information content (AvgIpc) is 2.45. The van der Waals surface area contributed by atoms with E-state index in [-0.39, 0.29) is 18.4 Å². The van der Waals surface area contributed by atoms with Crippen LogP contribution in [-0.2, 0) is 12.8 Å². The van der Waals surface area contributed by atoms with E-state index < -0.39 is 23.5 Å². The summed E-state index contributed by atoms with van der Waals surface area (Å²) in [4.78, 5) is 0. The predicted molar refractivity (Wildman–Crippen MR) is 76.3 cm³/mol. The molecule has 0 spiro atoms. The van der Waals surface area contributed by atoms with Crippen LogP contribution in [0.4, 0.5) is 13.2 Å². The maximum Gasteiger partial charge on any atom is 0.162 e. The Hall–Kier alpha value is -1.56. The first-order valence-corrected chi connectivity index (χ1v) is 6.72. The predicted octanol–water partition coefficient (Wildman–Crippen LogP) is 3.37. The van der Waals surface area contributed by atoms with Crippen molar-refractivity contribution in [2.45, 2.75) is 18.9 Å². The summed E-state index contributed by atoms with van der Waals surface area (Å²) < 4.78 is 40.5. The quantitative estimate of drug-likeness (QED) is 0.656. The molecule has 2 nitrogen and oxygen atoms in total. The Labute approximate surface area is 125 Å². The fraction of sp³-hybridized carbons (Fsp3) is 0.200. The van der Waals surface area contributed by atoms with Gasteiger partial charge in [0.15, 0.2) is 11.6 Å². The molecule has 0 aliphatic heterocycles. The normalized spacial score (nSPS) is 12.4. The summed E-state index contributed by atoms with van der Waals surface area (Å²) in [5, 5.41) is 0.296. The van der Waals surface area contributed by atoms with E-state index in [9.17, 15) is 13.2 Å².